The number of thioether (sulfide) groups is 1. The van der Waals surface area contributed by atoms with E-state index >= 15 is 0 Å². The number of nitrogens with one attached hydrogen (secondary N) is 1. The number of nitrogens with zero attached hydrogens (tertiary/aromatic N) is 1. The maximum absolute atomic E-state index is 12.5. The third kappa shape index (κ3) is 4.20. The first-order valence-electron chi connectivity index (χ1n) is 7.14. The van der Waals surface area contributed by atoms with Gasteiger partial charge in [0.2, 0.25) is 0 Å². The highest BCUT2D eigenvalue weighted by Gasteiger charge is 2.35. The Balaban J connectivity index is 1.76. The highest BCUT2D eigenvalue weighted by molar-refractivity contribution is 9.10. The molecule has 0 radical (unpaired) electrons. The monoisotopic (exact) mass is 456 g/mol. The third-order valence-corrected chi connectivity index (χ3v) is 5.53. The molecule has 128 valence electrons. The molecule has 0 aliphatic carbocycles. The van der Waals surface area contributed by atoms with E-state index in [1.165, 1.54) is 0 Å². The van der Waals surface area contributed by atoms with E-state index in [-0.39, 0.29) is 22.7 Å². The van der Waals surface area contributed by atoms with Crippen molar-refractivity contribution in [3.05, 3.63) is 67.5 Å². The highest BCUT2D eigenvalue weighted by Crippen LogP contribution is 2.35. The van der Waals surface area contributed by atoms with Gasteiger partial charge in [0.1, 0.15) is 0 Å². The molecule has 0 bridgehead atoms. The molecular formula is C17H11BrCl2N2O2S. The van der Waals surface area contributed by atoms with Crippen LogP contribution in [0.5, 0.6) is 0 Å². The average molecular weight is 458 g/mol. The van der Waals surface area contributed by atoms with Gasteiger partial charge in [0.25, 0.3) is 11.1 Å². The first kappa shape index (κ1) is 18.3. The molecule has 0 aromatic heterocycles. The molecule has 2 amide bonds. The second kappa shape index (κ2) is 7.83. The first-order chi connectivity index (χ1) is 12.0. The number of anilines is 1. The van der Waals surface area contributed by atoms with Crippen molar-refractivity contribution in [2.45, 2.75) is 0 Å². The van der Waals surface area contributed by atoms with Crippen molar-refractivity contribution >= 4 is 73.8 Å². The Bertz CT molecular complexity index is 851. The van der Waals surface area contributed by atoms with Crippen LogP contribution in [-0.4, -0.2) is 22.7 Å². The smallest absolute Gasteiger partial charge is 0.295 e. The Morgan fingerprint density at radius 2 is 1.72 bits per heavy atom. The number of hydrogen-bond acceptors (Lipinski definition) is 4. The number of amides is 2. The lowest BCUT2D eigenvalue weighted by molar-refractivity contribution is -0.122. The van der Waals surface area contributed by atoms with Crippen LogP contribution in [0, 0.1) is 0 Å². The Hall–Kier alpha value is -1.47. The second-order valence-electron chi connectivity index (χ2n) is 5.09. The van der Waals surface area contributed by atoms with E-state index in [1.807, 2.05) is 24.3 Å². The van der Waals surface area contributed by atoms with Gasteiger partial charge >= 0.3 is 0 Å². The summed E-state index contributed by atoms with van der Waals surface area (Å²) in [6.45, 7) is 0.0832. The molecule has 0 saturated carbocycles. The van der Waals surface area contributed by atoms with Crippen molar-refractivity contribution in [3.63, 3.8) is 0 Å². The molecule has 1 N–H and O–H groups in total. The lowest BCUT2D eigenvalue weighted by Gasteiger charge is -2.14. The fourth-order valence-electron chi connectivity index (χ4n) is 2.15. The summed E-state index contributed by atoms with van der Waals surface area (Å²) in [5, 5.41) is 3.56. The summed E-state index contributed by atoms with van der Waals surface area (Å²) in [6, 6.07) is 12.5. The predicted octanol–water partition coefficient (Wildman–Crippen LogP) is 5.86. The van der Waals surface area contributed by atoms with Gasteiger partial charge in [0.15, 0.2) is 0 Å². The fourth-order valence-corrected chi connectivity index (χ4v) is 3.75. The van der Waals surface area contributed by atoms with Crippen LogP contribution in [0.1, 0.15) is 5.56 Å². The molecule has 1 aliphatic heterocycles. The van der Waals surface area contributed by atoms with E-state index in [1.54, 1.807) is 24.3 Å². The first-order valence-corrected chi connectivity index (χ1v) is 9.51. The number of benzene rings is 2. The summed E-state index contributed by atoms with van der Waals surface area (Å²) in [5.41, 5.74) is 1.33. The van der Waals surface area contributed by atoms with Crippen LogP contribution >= 0.6 is 50.9 Å². The van der Waals surface area contributed by atoms with Crippen molar-refractivity contribution < 1.29 is 9.59 Å². The minimum absolute atomic E-state index is 0.0832. The van der Waals surface area contributed by atoms with Gasteiger partial charge < -0.3 is 5.32 Å². The van der Waals surface area contributed by atoms with Crippen molar-refractivity contribution in [2.75, 3.05) is 12.0 Å². The van der Waals surface area contributed by atoms with Crippen LogP contribution in [0.15, 0.2) is 51.8 Å². The number of carbonyl (C=O) groups is 2. The van der Waals surface area contributed by atoms with Crippen LogP contribution in [0.4, 0.5) is 10.5 Å². The van der Waals surface area contributed by atoms with Gasteiger partial charge in [-0.1, -0.05) is 45.2 Å². The van der Waals surface area contributed by atoms with E-state index in [0.29, 0.717) is 15.6 Å². The number of imide groups is 1. The van der Waals surface area contributed by atoms with Crippen LogP contribution in [0.3, 0.4) is 0 Å². The zero-order valence-electron chi connectivity index (χ0n) is 12.6. The predicted molar refractivity (Wildman–Crippen MR) is 107 cm³/mol. The maximum Gasteiger partial charge on any atom is 0.295 e. The van der Waals surface area contributed by atoms with Gasteiger partial charge in [-0.15, -0.1) is 0 Å². The summed E-state index contributed by atoms with van der Waals surface area (Å²) >= 11 is 16.5. The Morgan fingerprint density at radius 1 is 1.08 bits per heavy atom. The van der Waals surface area contributed by atoms with Crippen molar-refractivity contribution in [1.82, 2.24) is 4.90 Å². The van der Waals surface area contributed by atoms with Crippen LogP contribution < -0.4 is 5.32 Å². The number of halogens is 3. The molecule has 1 aliphatic rings. The zero-order chi connectivity index (χ0) is 18.0. The minimum Gasteiger partial charge on any atom is -0.367 e. The van der Waals surface area contributed by atoms with Gasteiger partial charge in [0.05, 0.1) is 11.6 Å². The lowest BCUT2D eigenvalue weighted by Crippen LogP contribution is -2.33. The summed E-state index contributed by atoms with van der Waals surface area (Å²) in [5.74, 6) is -0.379. The van der Waals surface area contributed by atoms with Crippen LogP contribution in [-0.2, 0) is 4.79 Å². The molecule has 0 spiro atoms. The molecular weight excluding hydrogens is 447 g/mol. The minimum atomic E-state index is -0.379. The van der Waals surface area contributed by atoms with E-state index in [9.17, 15) is 9.59 Å². The van der Waals surface area contributed by atoms with Gasteiger partial charge in [0, 0.05) is 25.8 Å². The van der Waals surface area contributed by atoms with Gasteiger partial charge in [-0.05, 0) is 54.2 Å². The number of carbonyl (C=O) groups excluding carboxylic acids is 2. The van der Waals surface area contributed by atoms with Crippen LogP contribution in [0.2, 0.25) is 10.0 Å². The molecule has 2 aromatic carbocycles. The van der Waals surface area contributed by atoms with Crippen molar-refractivity contribution in [1.29, 1.82) is 0 Å². The van der Waals surface area contributed by atoms with Crippen LogP contribution in [0.25, 0.3) is 6.08 Å². The number of rotatable bonds is 4. The molecule has 1 fully saturated rings. The molecule has 25 heavy (non-hydrogen) atoms. The van der Waals surface area contributed by atoms with Gasteiger partial charge in [-0.25, -0.2) is 0 Å². The van der Waals surface area contributed by atoms with E-state index in [2.05, 4.69) is 21.2 Å². The quantitative estimate of drug-likeness (QED) is 0.584. The molecule has 2 aromatic rings. The SMILES string of the molecule is O=C1SC(=Cc2c(Cl)cccc2Cl)C(=O)N1CNc1ccc(Br)cc1. The van der Waals surface area contributed by atoms with E-state index in [4.69, 9.17) is 23.2 Å². The van der Waals surface area contributed by atoms with E-state index < -0.39 is 0 Å². The Kier molecular flexibility index (Phi) is 5.74. The normalized spacial score (nSPS) is 16.0. The van der Waals surface area contributed by atoms with E-state index in [0.717, 1.165) is 26.8 Å². The fraction of sp³-hybridized carbons (Fsp3) is 0.0588. The molecule has 0 atom stereocenters. The standard InChI is InChI=1S/C17H11BrCl2N2O2S/c18-10-4-6-11(7-5-10)21-9-22-16(23)15(25-17(22)24)8-12-13(19)2-1-3-14(12)20/h1-8,21H,9H2. The third-order valence-electron chi connectivity index (χ3n) is 3.43. The summed E-state index contributed by atoms with van der Waals surface area (Å²) < 4.78 is 0.948. The average Bonchev–Trinajstić information content (AvgIpc) is 2.84. The zero-order valence-corrected chi connectivity index (χ0v) is 16.5. The molecule has 1 saturated heterocycles. The maximum atomic E-state index is 12.5. The largest absolute Gasteiger partial charge is 0.367 e. The van der Waals surface area contributed by atoms with Gasteiger partial charge in [-0.3, -0.25) is 14.5 Å². The number of hydrogen-bond donors (Lipinski definition) is 1. The second-order valence-corrected chi connectivity index (χ2v) is 7.81. The molecule has 3 rings (SSSR count). The topological polar surface area (TPSA) is 49.4 Å². The van der Waals surface area contributed by atoms with Crippen molar-refractivity contribution in [3.8, 4) is 0 Å². The summed E-state index contributed by atoms with van der Waals surface area (Å²) in [6.07, 6.45) is 1.55. The molecule has 8 heteroatoms. The molecule has 4 nitrogen and oxygen atoms in total. The summed E-state index contributed by atoms with van der Waals surface area (Å²) in [7, 11) is 0. The molecule has 1 heterocycles. The lowest BCUT2D eigenvalue weighted by atomic mass is 10.2. The van der Waals surface area contributed by atoms with Gasteiger partial charge in [-0.2, -0.15) is 0 Å². The molecule has 0 unspecified atom stereocenters. The highest BCUT2D eigenvalue weighted by atomic mass is 79.9. The Labute approximate surface area is 167 Å². The Morgan fingerprint density at radius 3 is 2.36 bits per heavy atom. The summed E-state index contributed by atoms with van der Waals surface area (Å²) in [4.78, 5) is 26.1. The van der Waals surface area contributed by atoms with Crippen molar-refractivity contribution in [2.24, 2.45) is 0 Å².